The summed E-state index contributed by atoms with van der Waals surface area (Å²) in [5, 5.41) is 8.19. The van der Waals surface area contributed by atoms with Crippen molar-refractivity contribution in [2.45, 2.75) is 19.9 Å². The average molecular weight is 307 g/mol. The van der Waals surface area contributed by atoms with Crippen LogP contribution in [0, 0.1) is 6.92 Å². The van der Waals surface area contributed by atoms with Crippen LogP contribution in [0.1, 0.15) is 29.4 Å². The van der Waals surface area contributed by atoms with Crippen molar-refractivity contribution in [3.05, 3.63) is 51.1 Å². The molecule has 3 rings (SSSR count). The van der Waals surface area contributed by atoms with E-state index in [0.717, 1.165) is 34.0 Å². The van der Waals surface area contributed by atoms with E-state index in [1.807, 2.05) is 31.2 Å². The number of nitrogens with one attached hydrogen (secondary N) is 1. The summed E-state index contributed by atoms with van der Waals surface area (Å²) in [4.78, 5) is 4.56. The van der Waals surface area contributed by atoms with Crippen LogP contribution in [0.25, 0.3) is 11.0 Å². The van der Waals surface area contributed by atoms with Gasteiger partial charge < -0.3 is 9.73 Å². The molecule has 1 atom stereocenters. The first kappa shape index (κ1) is 13.6. The normalized spacial score (nSPS) is 12.9. The van der Waals surface area contributed by atoms with Gasteiger partial charge in [-0.25, -0.2) is 4.98 Å². The van der Waals surface area contributed by atoms with E-state index >= 15 is 0 Å². The number of aryl methyl sites for hydroxylation is 1. The van der Waals surface area contributed by atoms with Gasteiger partial charge in [0.05, 0.1) is 15.7 Å². The van der Waals surface area contributed by atoms with Crippen LogP contribution < -0.4 is 5.32 Å². The molecule has 0 aliphatic carbocycles. The largest absolute Gasteiger partial charge is 0.457 e. The van der Waals surface area contributed by atoms with Crippen LogP contribution in [0.3, 0.4) is 0 Å². The smallest absolute Gasteiger partial charge is 0.152 e. The number of hydrogen-bond donors (Lipinski definition) is 1. The predicted molar refractivity (Wildman–Crippen MR) is 83.6 cm³/mol. The molecular weight excluding hydrogens is 292 g/mol. The topological polar surface area (TPSA) is 38.1 Å². The van der Waals surface area contributed by atoms with E-state index in [1.165, 1.54) is 0 Å². The van der Waals surface area contributed by atoms with Crippen molar-refractivity contribution in [3.8, 4) is 0 Å². The van der Waals surface area contributed by atoms with Gasteiger partial charge in [-0.2, -0.15) is 0 Å². The number of benzene rings is 1. The molecule has 3 nitrogen and oxygen atoms in total. The molecule has 2 aromatic heterocycles. The molecule has 0 aliphatic rings. The molecule has 1 N–H and O–H groups in total. The Morgan fingerprint density at radius 3 is 2.95 bits per heavy atom. The zero-order valence-electron chi connectivity index (χ0n) is 11.3. The second-order valence-corrected chi connectivity index (χ2v) is 6.06. The predicted octanol–water partition coefficient (Wildman–Crippen LogP) is 4.55. The van der Waals surface area contributed by atoms with Gasteiger partial charge in [-0.15, -0.1) is 11.3 Å². The fraction of sp³-hybridized carbons (Fsp3) is 0.267. The summed E-state index contributed by atoms with van der Waals surface area (Å²) in [7, 11) is 0. The molecule has 0 bridgehead atoms. The summed E-state index contributed by atoms with van der Waals surface area (Å²) in [6, 6.07) is 7.77. The monoisotopic (exact) mass is 306 g/mol. The summed E-state index contributed by atoms with van der Waals surface area (Å²) in [6.07, 6.45) is 0. The molecular formula is C15H15ClN2OS. The number of para-hydroxylation sites is 1. The van der Waals surface area contributed by atoms with Gasteiger partial charge in [0.25, 0.3) is 0 Å². The maximum absolute atomic E-state index is 6.17. The van der Waals surface area contributed by atoms with Crippen molar-refractivity contribution in [2.24, 2.45) is 0 Å². The highest BCUT2D eigenvalue weighted by atomic mass is 35.5. The summed E-state index contributed by atoms with van der Waals surface area (Å²) < 4.78 is 5.95. The fourth-order valence-corrected chi connectivity index (χ4v) is 3.12. The van der Waals surface area contributed by atoms with E-state index in [-0.39, 0.29) is 6.04 Å². The second-order valence-electron chi connectivity index (χ2n) is 4.59. The number of aromatic nitrogens is 1. The van der Waals surface area contributed by atoms with Crippen molar-refractivity contribution in [2.75, 3.05) is 6.54 Å². The summed E-state index contributed by atoms with van der Waals surface area (Å²) in [5.74, 6) is 0.847. The second kappa shape index (κ2) is 5.56. The fourth-order valence-electron chi connectivity index (χ4n) is 2.26. The van der Waals surface area contributed by atoms with Crippen molar-refractivity contribution in [3.63, 3.8) is 0 Å². The van der Waals surface area contributed by atoms with Crippen LogP contribution in [0.2, 0.25) is 5.02 Å². The molecule has 0 saturated carbocycles. The van der Waals surface area contributed by atoms with Crippen molar-refractivity contribution in [1.29, 1.82) is 0 Å². The quantitative estimate of drug-likeness (QED) is 0.768. The third-order valence-electron chi connectivity index (χ3n) is 3.14. The molecule has 0 radical (unpaired) electrons. The Labute approximate surface area is 126 Å². The lowest BCUT2D eigenvalue weighted by atomic mass is 10.1. The molecule has 1 aromatic carbocycles. The first-order chi connectivity index (χ1) is 9.69. The van der Waals surface area contributed by atoms with Crippen LogP contribution in [0.4, 0.5) is 0 Å². The zero-order chi connectivity index (χ0) is 14.1. The molecule has 0 amide bonds. The zero-order valence-corrected chi connectivity index (χ0v) is 12.9. The van der Waals surface area contributed by atoms with E-state index in [4.69, 9.17) is 16.0 Å². The Morgan fingerprint density at radius 2 is 2.30 bits per heavy atom. The van der Waals surface area contributed by atoms with Gasteiger partial charge in [-0.05, 0) is 25.6 Å². The first-order valence-corrected chi connectivity index (χ1v) is 7.78. The molecule has 20 heavy (non-hydrogen) atoms. The van der Waals surface area contributed by atoms with Gasteiger partial charge in [0, 0.05) is 10.8 Å². The third kappa shape index (κ3) is 2.46. The van der Waals surface area contributed by atoms with Crippen molar-refractivity contribution < 1.29 is 4.42 Å². The van der Waals surface area contributed by atoms with Gasteiger partial charge >= 0.3 is 0 Å². The summed E-state index contributed by atoms with van der Waals surface area (Å²) >= 11 is 7.82. The molecule has 0 spiro atoms. The molecule has 1 unspecified atom stereocenters. The average Bonchev–Trinajstić information content (AvgIpc) is 3.03. The molecule has 0 aliphatic heterocycles. The van der Waals surface area contributed by atoms with E-state index < -0.39 is 0 Å². The van der Waals surface area contributed by atoms with Crippen molar-refractivity contribution in [1.82, 2.24) is 10.3 Å². The van der Waals surface area contributed by atoms with Crippen LogP contribution >= 0.6 is 22.9 Å². The number of furan rings is 1. The van der Waals surface area contributed by atoms with Crippen LogP contribution in [0.15, 0.2) is 34.1 Å². The van der Waals surface area contributed by atoms with E-state index in [1.54, 1.807) is 11.3 Å². The van der Waals surface area contributed by atoms with Crippen molar-refractivity contribution >= 4 is 33.9 Å². The third-order valence-corrected chi connectivity index (χ3v) is 4.23. The van der Waals surface area contributed by atoms with E-state index in [0.29, 0.717) is 5.02 Å². The molecule has 3 aromatic rings. The van der Waals surface area contributed by atoms with Gasteiger partial charge in [0.2, 0.25) is 0 Å². The molecule has 0 saturated heterocycles. The van der Waals surface area contributed by atoms with E-state index in [9.17, 15) is 0 Å². The molecule has 2 heterocycles. The number of rotatable bonds is 4. The maximum Gasteiger partial charge on any atom is 0.152 e. The Hall–Kier alpha value is -1.36. The highest BCUT2D eigenvalue weighted by Crippen LogP contribution is 2.32. The first-order valence-electron chi connectivity index (χ1n) is 6.52. The standard InChI is InChI=1S/C15H15ClN2OS/c1-3-17-14(12-8-20-9(2)18-12)13-7-10-5-4-6-11(16)15(10)19-13/h4-8,14,17H,3H2,1-2H3. The highest BCUT2D eigenvalue weighted by Gasteiger charge is 2.20. The Kier molecular flexibility index (Phi) is 3.78. The van der Waals surface area contributed by atoms with Crippen LogP contribution in [-0.4, -0.2) is 11.5 Å². The Balaban J connectivity index is 2.07. The minimum absolute atomic E-state index is 0.0339. The lowest BCUT2D eigenvalue weighted by Gasteiger charge is -2.12. The van der Waals surface area contributed by atoms with Crippen LogP contribution in [0.5, 0.6) is 0 Å². The lowest BCUT2D eigenvalue weighted by molar-refractivity contribution is 0.472. The highest BCUT2D eigenvalue weighted by molar-refractivity contribution is 7.09. The Morgan fingerprint density at radius 1 is 1.45 bits per heavy atom. The maximum atomic E-state index is 6.17. The summed E-state index contributed by atoms with van der Waals surface area (Å²) in [5.41, 5.74) is 1.73. The molecule has 104 valence electrons. The minimum atomic E-state index is -0.0339. The Bertz CT molecular complexity index is 734. The van der Waals surface area contributed by atoms with Gasteiger partial charge in [-0.3, -0.25) is 0 Å². The summed E-state index contributed by atoms with van der Waals surface area (Å²) in [6.45, 7) is 4.92. The SMILES string of the molecule is CCNC(c1csc(C)n1)c1cc2cccc(Cl)c2o1. The minimum Gasteiger partial charge on any atom is -0.457 e. The number of fused-ring (bicyclic) bond motifs is 1. The number of hydrogen-bond acceptors (Lipinski definition) is 4. The van der Waals surface area contributed by atoms with Gasteiger partial charge in [0.15, 0.2) is 5.58 Å². The number of halogens is 1. The van der Waals surface area contributed by atoms with Gasteiger partial charge in [0.1, 0.15) is 11.8 Å². The molecule has 0 fully saturated rings. The van der Waals surface area contributed by atoms with Gasteiger partial charge in [-0.1, -0.05) is 30.7 Å². The number of thiazole rings is 1. The van der Waals surface area contributed by atoms with Crippen LogP contribution in [-0.2, 0) is 0 Å². The number of nitrogens with zero attached hydrogens (tertiary/aromatic N) is 1. The lowest BCUT2D eigenvalue weighted by Crippen LogP contribution is -2.21. The molecule has 5 heteroatoms. The van der Waals surface area contributed by atoms with E-state index in [2.05, 4.69) is 22.6 Å².